The fourth-order valence-electron chi connectivity index (χ4n) is 5.20. The number of benzene rings is 2. The van der Waals surface area contributed by atoms with Crippen LogP contribution in [0.5, 0.6) is 0 Å². The molecule has 1 saturated heterocycles. The molecular formula is C29H27F2N3O6S. The van der Waals surface area contributed by atoms with Gasteiger partial charge in [-0.05, 0) is 61.1 Å². The molecule has 9 nitrogen and oxygen atoms in total. The van der Waals surface area contributed by atoms with Gasteiger partial charge in [0, 0.05) is 18.2 Å². The Hall–Kier alpha value is -3.82. The van der Waals surface area contributed by atoms with Gasteiger partial charge in [-0.2, -0.15) is 5.26 Å². The van der Waals surface area contributed by atoms with Gasteiger partial charge in [-0.1, -0.05) is 24.3 Å². The first-order chi connectivity index (χ1) is 19.4. The molecular weight excluding hydrogens is 556 g/mol. The van der Waals surface area contributed by atoms with Gasteiger partial charge in [0.1, 0.15) is 21.9 Å². The minimum atomic E-state index is -3.45. The highest BCUT2D eigenvalue weighted by molar-refractivity contribution is 7.92. The summed E-state index contributed by atoms with van der Waals surface area (Å²) in [5.41, 5.74) is -0.762. The molecule has 1 aromatic heterocycles. The Balaban J connectivity index is 1.22. The molecule has 1 aliphatic heterocycles. The number of hydrogen-bond donors (Lipinski definition) is 2. The van der Waals surface area contributed by atoms with E-state index in [0.717, 1.165) is 11.1 Å². The molecule has 2 aromatic carbocycles. The molecule has 0 spiro atoms. The second kappa shape index (κ2) is 9.63. The number of ether oxygens (including phenoxy) is 1. The van der Waals surface area contributed by atoms with Crippen LogP contribution < -0.4 is 10.6 Å². The number of sulfone groups is 1. The summed E-state index contributed by atoms with van der Waals surface area (Å²) < 4.78 is 64.0. The van der Waals surface area contributed by atoms with Crippen molar-refractivity contribution in [3.63, 3.8) is 0 Å². The maximum Gasteiger partial charge on any atom is 0.287 e. The Labute approximate surface area is 234 Å². The number of nitrogens with one attached hydrogen (secondary N) is 2. The number of hydrogen-bond acceptors (Lipinski definition) is 7. The average molecular weight is 584 g/mol. The van der Waals surface area contributed by atoms with E-state index in [1.54, 1.807) is 42.5 Å². The van der Waals surface area contributed by atoms with Gasteiger partial charge in [-0.3, -0.25) is 9.59 Å². The Morgan fingerprint density at radius 2 is 1.56 bits per heavy atom. The summed E-state index contributed by atoms with van der Waals surface area (Å²) in [7, 11) is -3.45. The molecule has 2 amide bonds. The van der Waals surface area contributed by atoms with Gasteiger partial charge in [0.25, 0.3) is 5.91 Å². The zero-order chi connectivity index (χ0) is 29.0. The molecule has 0 atom stereocenters. The molecule has 3 aliphatic rings. The Morgan fingerprint density at radius 1 is 0.902 bits per heavy atom. The second-order valence-corrected chi connectivity index (χ2v) is 13.4. The summed E-state index contributed by atoms with van der Waals surface area (Å²) in [4.78, 5) is 26.7. The summed E-state index contributed by atoms with van der Waals surface area (Å²) in [6, 6.07) is 15.3. The summed E-state index contributed by atoms with van der Waals surface area (Å²) in [6.07, 6.45) is -0.757. The lowest BCUT2D eigenvalue weighted by Gasteiger charge is -2.39. The molecule has 6 rings (SSSR count). The van der Waals surface area contributed by atoms with E-state index in [1.165, 1.54) is 6.07 Å². The van der Waals surface area contributed by atoms with Crippen LogP contribution in [0.3, 0.4) is 0 Å². The van der Waals surface area contributed by atoms with Crippen molar-refractivity contribution in [3.8, 4) is 17.2 Å². The normalized spacial score (nSPS) is 20.9. The second-order valence-electron chi connectivity index (χ2n) is 11.1. The van der Waals surface area contributed by atoms with Crippen LogP contribution in [0.4, 0.5) is 8.78 Å². The van der Waals surface area contributed by atoms with E-state index in [4.69, 9.17) is 9.15 Å². The van der Waals surface area contributed by atoms with Crippen LogP contribution in [0.2, 0.25) is 0 Å². The maximum absolute atomic E-state index is 14.0. The van der Waals surface area contributed by atoms with Gasteiger partial charge in [-0.15, -0.1) is 0 Å². The molecule has 214 valence electrons. The number of halogens is 2. The molecule has 12 heteroatoms. The van der Waals surface area contributed by atoms with E-state index in [2.05, 4.69) is 16.7 Å². The highest BCUT2D eigenvalue weighted by Crippen LogP contribution is 2.41. The fraction of sp³-hybridized carbons (Fsp3) is 0.414. The molecule has 2 heterocycles. The molecule has 2 N–H and O–H groups in total. The third-order valence-corrected chi connectivity index (χ3v) is 10.3. The van der Waals surface area contributed by atoms with Crippen molar-refractivity contribution in [2.24, 2.45) is 0 Å². The third kappa shape index (κ3) is 5.08. The zero-order valence-electron chi connectivity index (χ0n) is 21.9. The van der Waals surface area contributed by atoms with Crippen molar-refractivity contribution in [3.05, 3.63) is 54.3 Å². The Kier molecular flexibility index (Phi) is 6.43. The predicted molar refractivity (Wildman–Crippen MR) is 143 cm³/mol. The van der Waals surface area contributed by atoms with Crippen molar-refractivity contribution < 1.29 is 35.9 Å². The van der Waals surface area contributed by atoms with Crippen LogP contribution in [-0.2, 0) is 19.4 Å². The van der Waals surface area contributed by atoms with E-state index in [9.17, 15) is 32.0 Å². The zero-order valence-corrected chi connectivity index (χ0v) is 22.7. The van der Waals surface area contributed by atoms with Crippen LogP contribution in [-0.4, -0.2) is 55.7 Å². The van der Waals surface area contributed by atoms with Gasteiger partial charge >= 0.3 is 0 Å². The minimum absolute atomic E-state index is 0.0905. The van der Waals surface area contributed by atoms with Crippen molar-refractivity contribution >= 4 is 32.6 Å². The molecule has 0 radical (unpaired) electrons. The van der Waals surface area contributed by atoms with E-state index in [-0.39, 0.29) is 36.7 Å². The number of nitriles is 1. The fourth-order valence-corrected chi connectivity index (χ4v) is 6.65. The Morgan fingerprint density at radius 3 is 2.15 bits per heavy atom. The summed E-state index contributed by atoms with van der Waals surface area (Å²) >= 11 is 0. The number of nitrogens with zero attached hydrogens (tertiary/aromatic N) is 1. The van der Waals surface area contributed by atoms with Crippen molar-refractivity contribution in [1.82, 2.24) is 10.6 Å². The number of alkyl halides is 2. The van der Waals surface area contributed by atoms with Crippen LogP contribution in [0, 0.1) is 11.3 Å². The summed E-state index contributed by atoms with van der Waals surface area (Å²) in [5, 5.41) is 14.8. The van der Waals surface area contributed by atoms with E-state index in [1.807, 2.05) is 0 Å². The van der Waals surface area contributed by atoms with E-state index >= 15 is 0 Å². The molecule has 3 aromatic rings. The van der Waals surface area contributed by atoms with Gasteiger partial charge in [-0.25, -0.2) is 17.2 Å². The maximum atomic E-state index is 14.0. The molecule has 3 fully saturated rings. The van der Waals surface area contributed by atoms with Crippen LogP contribution in [0.25, 0.3) is 22.1 Å². The first-order valence-electron chi connectivity index (χ1n) is 13.3. The number of fused-ring (bicyclic) bond motifs is 1. The van der Waals surface area contributed by atoms with Crippen LogP contribution >= 0.6 is 0 Å². The van der Waals surface area contributed by atoms with Crippen LogP contribution in [0.1, 0.15) is 49.1 Å². The van der Waals surface area contributed by atoms with E-state index in [0.29, 0.717) is 23.8 Å². The molecule has 41 heavy (non-hydrogen) atoms. The van der Waals surface area contributed by atoms with Crippen LogP contribution in [0.15, 0.2) is 57.8 Å². The average Bonchev–Trinajstić information content (AvgIpc) is 3.55. The number of carbonyl (C=O) groups excluding carboxylic acids is 2. The van der Waals surface area contributed by atoms with Crippen molar-refractivity contribution in [2.45, 2.75) is 65.7 Å². The first kappa shape index (κ1) is 27.4. The lowest BCUT2D eigenvalue weighted by molar-refractivity contribution is -0.133. The highest BCUT2D eigenvalue weighted by atomic mass is 32.2. The molecule has 0 bridgehead atoms. The van der Waals surface area contributed by atoms with Gasteiger partial charge in [0.05, 0.1) is 24.2 Å². The van der Waals surface area contributed by atoms with Crippen molar-refractivity contribution in [1.29, 1.82) is 5.26 Å². The van der Waals surface area contributed by atoms with Crippen molar-refractivity contribution in [2.75, 3.05) is 13.2 Å². The lowest BCUT2D eigenvalue weighted by Crippen LogP contribution is -2.62. The predicted octanol–water partition coefficient (Wildman–Crippen LogP) is 4.12. The third-order valence-electron chi connectivity index (χ3n) is 8.25. The number of carbonyl (C=O) groups is 2. The SMILES string of the molecule is N#CC1(NC(=O)C2(NC(=O)c3cc4ccc(-c5ccc(S(=O)(=O)C6COC6)cc5)cc4o3)CCC(F)(F)CC2)CC1. The lowest BCUT2D eigenvalue weighted by atomic mass is 9.78. The number of furan rings is 1. The first-order valence-corrected chi connectivity index (χ1v) is 14.9. The standard InChI is InChI=1S/C29H27F2N3O6S/c30-29(31)11-9-28(10-12-29,26(36)34-27(17-32)7-8-27)33-25(35)24-14-20-2-1-19(13-23(20)40-24)18-3-5-21(6-4-18)41(37,38)22-15-39-16-22/h1-6,13-14,22H,7-12,15-16H2,(H,33,35)(H,34,36). The number of amides is 2. The highest BCUT2D eigenvalue weighted by Gasteiger charge is 2.53. The quantitative estimate of drug-likeness (QED) is 0.427. The monoisotopic (exact) mass is 583 g/mol. The summed E-state index contributed by atoms with van der Waals surface area (Å²) in [6.45, 7) is 0.377. The Bertz CT molecular complexity index is 1680. The smallest absolute Gasteiger partial charge is 0.287 e. The molecule has 2 saturated carbocycles. The largest absolute Gasteiger partial charge is 0.451 e. The molecule has 2 aliphatic carbocycles. The topological polar surface area (TPSA) is 138 Å². The molecule has 0 unspecified atom stereocenters. The van der Waals surface area contributed by atoms with Gasteiger partial charge in [0.15, 0.2) is 15.6 Å². The minimum Gasteiger partial charge on any atom is -0.451 e. The number of rotatable bonds is 7. The summed E-state index contributed by atoms with van der Waals surface area (Å²) in [5.74, 6) is -4.40. The van der Waals surface area contributed by atoms with Gasteiger partial charge in [0.2, 0.25) is 11.8 Å². The van der Waals surface area contributed by atoms with Gasteiger partial charge < -0.3 is 19.8 Å². The van der Waals surface area contributed by atoms with E-state index < -0.39 is 56.7 Å².